The number of carbonyl (C=O) groups is 1. The Morgan fingerprint density at radius 3 is 2.30 bits per heavy atom. The van der Waals surface area contributed by atoms with Crippen LogP contribution in [0, 0.1) is 0 Å². The van der Waals surface area contributed by atoms with E-state index in [0.717, 1.165) is 10.7 Å². The van der Waals surface area contributed by atoms with Gasteiger partial charge in [0.15, 0.2) is 16.1 Å². The first kappa shape index (κ1) is 14.7. The molecule has 2 aromatic rings. The van der Waals surface area contributed by atoms with Gasteiger partial charge in [0, 0.05) is 10.7 Å². The van der Waals surface area contributed by atoms with Crippen LogP contribution in [0.1, 0.15) is 10.4 Å². The molecule has 0 unspecified atom stereocenters. The molecule has 0 spiro atoms. The molecule has 0 bridgehead atoms. The SMILES string of the molecule is CS(=O)(=O)c1ccc(Oc2cc(Br)ccc2C=O)cc1. The molecule has 0 aliphatic heterocycles. The van der Waals surface area contributed by atoms with E-state index in [9.17, 15) is 13.2 Å². The van der Waals surface area contributed by atoms with E-state index in [4.69, 9.17) is 4.74 Å². The van der Waals surface area contributed by atoms with Crippen molar-refractivity contribution in [1.29, 1.82) is 0 Å². The van der Waals surface area contributed by atoms with Crippen LogP contribution in [-0.2, 0) is 9.84 Å². The molecule has 2 rings (SSSR count). The minimum Gasteiger partial charge on any atom is -0.457 e. The Kier molecular flexibility index (Phi) is 4.25. The second-order valence-electron chi connectivity index (χ2n) is 4.15. The molecule has 0 aromatic heterocycles. The molecule has 0 atom stereocenters. The Balaban J connectivity index is 2.31. The summed E-state index contributed by atoms with van der Waals surface area (Å²) in [6.45, 7) is 0. The van der Waals surface area contributed by atoms with Crippen LogP contribution in [0.4, 0.5) is 0 Å². The molecule has 104 valence electrons. The topological polar surface area (TPSA) is 60.4 Å². The van der Waals surface area contributed by atoms with Crippen LogP contribution in [0.25, 0.3) is 0 Å². The van der Waals surface area contributed by atoms with E-state index in [1.807, 2.05) is 0 Å². The summed E-state index contributed by atoms with van der Waals surface area (Å²) in [6, 6.07) is 11.1. The standard InChI is InChI=1S/C14H11BrO4S/c1-20(17,18)13-6-4-12(5-7-13)19-14-8-11(15)3-2-10(14)9-16/h2-9H,1H3. The van der Waals surface area contributed by atoms with E-state index in [1.165, 1.54) is 12.1 Å². The summed E-state index contributed by atoms with van der Waals surface area (Å²) in [4.78, 5) is 11.2. The van der Waals surface area contributed by atoms with Gasteiger partial charge >= 0.3 is 0 Å². The lowest BCUT2D eigenvalue weighted by Crippen LogP contribution is -1.96. The molecule has 0 saturated heterocycles. The van der Waals surface area contributed by atoms with Crippen molar-refractivity contribution in [3.05, 3.63) is 52.5 Å². The fourth-order valence-corrected chi connectivity index (χ4v) is 2.55. The number of halogens is 1. The summed E-state index contributed by atoms with van der Waals surface area (Å²) < 4.78 is 29.1. The minimum atomic E-state index is -3.23. The van der Waals surface area contributed by atoms with Crippen molar-refractivity contribution < 1.29 is 17.9 Å². The third-order valence-corrected chi connectivity index (χ3v) is 4.20. The Morgan fingerprint density at radius 2 is 1.75 bits per heavy atom. The summed E-state index contributed by atoms with van der Waals surface area (Å²) in [5.74, 6) is 0.861. The second kappa shape index (κ2) is 5.76. The van der Waals surface area contributed by atoms with Gasteiger partial charge in [-0.1, -0.05) is 15.9 Å². The van der Waals surface area contributed by atoms with Crippen LogP contribution in [-0.4, -0.2) is 21.0 Å². The minimum absolute atomic E-state index is 0.217. The molecule has 0 saturated carbocycles. The molecule has 0 aliphatic rings. The number of rotatable bonds is 4. The maximum absolute atomic E-state index is 11.4. The molecule has 4 nitrogen and oxygen atoms in total. The number of aldehydes is 1. The molecule has 0 fully saturated rings. The predicted octanol–water partition coefficient (Wildman–Crippen LogP) is 3.46. The van der Waals surface area contributed by atoms with Crippen LogP contribution in [0.2, 0.25) is 0 Å². The summed E-state index contributed by atoms with van der Waals surface area (Å²) in [5, 5.41) is 0. The van der Waals surface area contributed by atoms with E-state index in [-0.39, 0.29) is 4.90 Å². The molecule has 20 heavy (non-hydrogen) atoms. The average molecular weight is 355 g/mol. The summed E-state index contributed by atoms with van der Waals surface area (Å²) in [5.41, 5.74) is 0.417. The van der Waals surface area contributed by atoms with Crippen LogP contribution in [0.5, 0.6) is 11.5 Å². The Labute approximate surface area is 125 Å². The van der Waals surface area contributed by atoms with Crippen LogP contribution < -0.4 is 4.74 Å². The highest BCUT2D eigenvalue weighted by atomic mass is 79.9. The Bertz CT molecular complexity index is 736. The first-order valence-electron chi connectivity index (χ1n) is 5.63. The molecule has 6 heteroatoms. The maximum Gasteiger partial charge on any atom is 0.175 e. The average Bonchev–Trinajstić information content (AvgIpc) is 2.38. The van der Waals surface area contributed by atoms with Gasteiger partial charge in [0.1, 0.15) is 11.5 Å². The molecule has 0 amide bonds. The van der Waals surface area contributed by atoms with Gasteiger partial charge in [-0.25, -0.2) is 8.42 Å². The number of hydrogen-bond acceptors (Lipinski definition) is 4. The zero-order valence-electron chi connectivity index (χ0n) is 10.5. The highest BCUT2D eigenvalue weighted by Gasteiger charge is 2.08. The molecule has 0 N–H and O–H groups in total. The predicted molar refractivity (Wildman–Crippen MR) is 79.2 cm³/mol. The number of carbonyl (C=O) groups excluding carboxylic acids is 1. The van der Waals surface area contributed by atoms with Crippen molar-refractivity contribution in [3.8, 4) is 11.5 Å². The van der Waals surface area contributed by atoms with E-state index >= 15 is 0 Å². The van der Waals surface area contributed by atoms with Crippen LogP contribution in [0.15, 0.2) is 51.8 Å². The Morgan fingerprint density at radius 1 is 1.10 bits per heavy atom. The third-order valence-electron chi connectivity index (χ3n) is 2.58. The van der Waals surface area contributed by atoms with E-state index < -0.39 is 9.84 Å². The van der Waals surface area contributed by atoms with Crippen LogP contribution >= 0.6 is 15.9 Å². The van der Waals surface area contributed by atoms with Gasteiger partial charge in [0.25, 0.3) is 0 Å². The van der Waals surface area contributed by atoms with Crippen molar-refractivity contribution in [2.75, 3.05) is 6.26 Å². The lowest BCUT2D eigenvalue weighted by Gasteiger charge is -2.09. The Hall–Kier alpha value is -1.66. The van der Waals surface area contributed by atoms with Crippen molar-refractivity contribution >= 4 is 32.1 Å². The molecule has 0 heterocycles. The van der Waals surface area contributed by atoms with Gasteiger partial charge in [-0.15, -0.1) is 0 Å². The number of ether oxygens (including phenoxy) is 1. The summed E-state index contributed by atoms with van der Waals surface area (Å²) in [7, 11) is -3.23. The summed E-state index contributed by atoms with van der Waals surface area (Å²) in [6.07, 6.45) is 1.84. The molecule has 2 aromatic carbocycles. The van der Waals surface area contributed by atoms with Crippen LogP contribution in [0.3, 0.4) is 0 Å². The third kappa shape index (κ3) is 3.46. The monoisotopic (exact) mass is 354 g/mol. The van der Waals surface area contributed by atoms with Gasteiger partial charge in [-0.2, -0.15) is 0 Å². The smallest absolute Gasteiger partial charge is 0.175 e. The zero-order chi connectivity index (χ0) is 14.8. The highest BCUT2D eigenvalue weighted by Crippen LogP contribution is 2.28. The quantitative estimate of drug-likeness (QED) is 0.788. The lowest BCUT2D eigenvalue weighted by molar-refractivity contribution is 0.112. The summed E-state index contributed by atoms with van der Waals surface area (Å²) >= 11 is 3.30. The number of benzene rings is 2. The lowest BCUT2D eigenvalue weighted by atomic mass is 10.2. The van der Waals surface area contributed by atoms with Crippen molar-refractivity contribution in [2.24, 2.45) is 0 Å². The van der Waals surface area contributed by atoms with Crippen molar-refractivity contribution in [2.45, 2.75) is 4.90 Å². The molecule has 0 radical (unpaired) electrons. The number of sulfone groups is 1. The first-order chi connectivity index (χ1) is 9.40. The van der Waals surface area contributed by atoms with E-state index in [2.05, 4.69) is 15.9 Å². The molecular weight excluding hydrogens is 344 g/mol. The normalized spacial score (nSPS) is 11.1. The molecular formula is C14H11BrO4S. The zero-order valence-corrected chi connectivity index (χ0v) is 12.9. The second-order valence-corrected chi connectivity index (χ2v) is 7.08. The fraction of sp³-hybridized carbons (Fsp3) is 0.0714. The van der Waals surface area contributed by atoms with Gasteiger partial charge in [-0.05, 0) is 42.5 Å². The van der Waals surface area contributed by atoms with Gasteiger partial charge < -0.3 is 4.74 Å². The fourth-order valence-electron chi connectivity index (χ4n) is 1.58. The largest absolute Gasteiger partial charge is 0.457 e. The molecule has 0 aliphatic carbocycles. The maximum atomic E-state index is 11.4. The van der Waals surface area contributed by atoms with Gasteiger partial charge in [0.2, 0.25) is 0 Å². The highest BCUT2D eigenvalue weighted by molar-refractivity contribution is 9.10. The van der Waals surface area contributed by atoms with Gasteiger partial charge in [0.05, 0.1) is 10.5 Å². The van der Waals surface area contributed by atoms with Gasteiger partial charge in [-0.3, -0.25) is 4.79 Å². The van der Waals surface area contributed by atoms with E-state index in [0.29, 0.717) is 23.3 Å². The van der Waals surface area contributed by atoms with Crippen molar-refractivity contribution in [1.82, 2.24) is 0 Å². The first-order valence-corrected chi connectivity index (χ1v) is 8.31. The van der Waals surface area contributed by atoms with E-state index in [1.54, 1.807) is 30.3 Å². The van der Waals surface area contributed by atoms with Crippen molar-refractivity contribution in [3.63, 3.8) is 0 Å². The number of hydrogen-bond donors (Lipinski definition) is 0.